The molecule has 6 heterocycles. The van der Waals surface area contributed by atoms with Crippen LogP contribution < -0.4 is 9.64 Å². The number of aryl methyl sites for hydroxylation is 1. The lowest BCUT2D eigenvalue weighted by Gasteiger charge is -2.31. The van der Waals surface area contributed by atoms with Crippen molar-refractivity contribution < 1.29 is 23.0 Å². The second kappa shape index (κ2) is 10.6. The molecule has 1 N–H and O–H groups in total. The van der Waals surface area contributed by atoms with Crippen LogP contribution in [-0.4, -0.2) is 72.7 Å². The van der Waals surface area contributed by atoms with Crippen LogP contribution >= 0.6 is 0 Å². The number of anilines is 2. The lowest BCUT2D eigenvalue weighted by Crippen LogP contribution is -2.43. The Kier molecular flexibility index (Phi) is 6.58. The summed E-state index contributed by atoms with van der Waals surface area (Å²) < 4.78 is 54.2. The maximum atomic E-state index is 16.9. The molecule has 2 atom stereocenters. The molecule has 3 aliphatic rings. The molecular weight excluding hydrogens is 595 g/mol. The van der Waals surface area contributed by atoms with Crippen LogP contribution in [0.2, 0.25) is 0 Å². The van der Waals surface area contributed by atoms with Crippen LogP contribution in [0, 0.1) is 24.0 Å². The normalized spacial score (nSPS) is 21.1. The first-order valence-corrected chi connectivity index (χ1v) is 15.3. The van der Waals surface area contributed by atoms with Crippen molar-refractivity contribution in [3.63, 3.8) is 0 Å². The van der Waals surface area contributed by atoms with Crippen molar-refractivity contribution in [2.24, 2.45) is 7.05 Å². The Balaban J connectivity index is 1.31. The molecule has 2 fully saturated rings. The van der Waals surface area contributed by atoms with E-state index in [1.807, 2.05) is 16.6 Å². The molecule has 8 rings (SSSR count). The van der Waals surface area contributed by atoms with Gasteiger partial charge in [-0.2, -0.15) is 15.1 Å². The second-order valence-electron chi connectivity index (χ2n) is 12.4. The minimum Gasteiger partial charge on any atom is -0.508 e. The number of alkyl halides is 1. The SMILES string of the molecule is C#Cc1c(F)ccc2cc(O)cc(-c3ncc4c(N5CCCc6c5cnn6C)nc(OC[C@@]56CCCN5C[C@H](F)C6)nc4c3F)c12. The van der Waals surface area contributed by atoms with Gasteiger partial charge in [0.15, 0.2) is 5.82 Å². The molecule has 9 nitrogen and oxygen atoms in total. The Bertz CT molecular complexity index is 2090. The third-order valence-electron chi connectivity index (χ3n) is 9.71. The van der Waals surface area contributed by atoms with Gasteiger partial charge in [-0.3, -0.25) is 14.6 Å². The van der Waals surface area contributed by atoms with Gasteiger partial charge in [0.2, 0.25) is 0 Å². The molecule has 2 aromatic carbocycles. The summed E-state index contributed by atoms with van der Waals surface area (Å²) in [4.78, 5) is 17.9. The molecule has 3 aliphatic heterocycles. The molecule has 0 aliphatic carbocycles. The summed E-state index contributed by atoms with van der Waals surface area (Å²) in [5.74, 6) is 1.15. The number of rotatable bonds is 5. The van der Waals surface area contributed by atoms with Crippen LogP contribution in [0.3, 0.4) is 0 Å². The smallest absolute Gasteiger partial charge is 0.319 e. The number of nitrogens with zero attached hydrogens (tertiary/aromatic N) is 7. The molecule has 46 heavy (non-hydrogen) atoms. The van der Waals surface area contributed by atoms with Crippen molar-refractivity contribution >= 4 is 33.2 Å². The Labute approximate surface area is 262 Å². The summed E-state index contributed by atoms with van der Waals surface area (Å²) in [5.41, 5.74) is 1.22. The van der Waals surface area contributed by atoms with Gasteiger partial charge in [-0.1, -0.05) is 12.0 Å². The van der Waals surface area contributed by atoms with E-state index in [0.29, 0.717) is 36.1 Å². The standard InChI is InChI=1S/C34H30F3N7O2/c1-3-22-25(36)8-7-19-12-21(45)13-23(28(19)22)30-29(37)31-24(15-38-30)32(44-11-4-6-26-27(44)16-39-42(26)2)41-33(40-31)46-18-34-9-5-10-43(34)17-20(35)14-34/h1,7-8,12-13,15-16,20,45H,4-6,9-11,14,17-18H2,2H3/t20-,34+/m1/s1. The van der Waals surface area contributed by atoms with E-state index in [-0.39, 0.29) is 46.1 Å². The van der Waals surface area contributed by atoms with Gasteiger partial charge in [-0.25, -0.2) is 13.2 Å². The number of phenols is 1. The zero-order valence-electron chi connectivity index (χ0n) is 25.1. The zero-order valence-corrected chi connectivity index (χ0v) is 25.1. The highest BCUT2D eigenvalue weighted by Gasteiger charge is 2.49. The number of halogens is 3. The van der Waals surface area contributed by atoms with Crippen molar-refractivity contribution in [1.29, 1.82) is 0 Å². The topological polar surface area (TPSA) is 92.4 Å². The number of aromatic nitrogens is 5. The number of phenolic OH excluding ortho intramolecular Hbond substituents is 1. The van der Waals surface area contributed by atoms with E-state index in [9.17, 15) is 13.9 Å². The van der Waals surface area contributed by atoms with E-state index in [4.69, 9.17) is 16.1 Å². The van der Waals surface area contributed by atoms with Crippen molar-refractivity contribution in [2.45, 2.75) is 43.8 Å². The molecule has 0 unspecified atom stereocenters. The molecule has 12 heteroatoms. The zero-order chi connectivity index (χ0) is 31.7. The second-order valence-corrected chi connectivity index (χ2v) is 12.4. The van der Waals surface area contributed by atoms with Crippen LogP contribution in [0.1, 0.15) is 36.9 Å². The van der Waals surface area contributed by atoms with Crippen molar-refractivity contribution in [1.82, 2.24) is 29.6 Å². The number of terminal acetylenes is 1. The Hall–Kier alpha value is -4.89. The van der Waals surface area contributed by atoms with E-state index in [2.05, 4.69) is 25.9 Å². The lowest BCUT2D eigenvalue weighted by atomic mass is 9.95. The van der Waals surface area contributed by atoms with Crippen LogP contribution in [0.4, 0.5) is 24.7 Å². The fraction of sp³-hybridized carbons (Fsp3) is 0.353. The van der Waals surface area contributed by atoms with Crippen LogP contribution in [0.15, 0.2) is 36.7 Å². The monoisotopic (exact) mass is 625 g/mol. The minimum absolute atomic E-state index is 0.0470. The van der Waals surface area contributed by atoms with Crippen LogP contribution in [0.5, 0.6) is 11.8 Å². The number of ether oxygens (including phenoxy) is 1. The fourth-order valence-electron chi connectivity index (χ4n) is 7.59. The molecule has 2 saturated heterocycles. The largest absolute Gasteiger partial charge is 0.508 e. The summed E-state index contributed by atoms with van der Waals surface area (Å²) in [5, 5.41) is 16.0. The van der Waals surface area contributed by atoms with Gasteiger partial charge in [-0.05, 0) is 55.8 Å². The quantitative estimate of drug-likeness (QED) is 0.253. The number of aromatic hydroxyl groups is 1. The fourth-order valence-corrected chi connectivity index (χ4v) is 7.59. The average molecular weight is 626 g/mol. The maximum Gasteiger partial charge on any atom is 0.319 e. The van der Waals surface area contributed by atoms with Gasteiger partial charge in [0, 0.05) is 43.7 Å². The predicted octanol–water partition coefficient (Wildman–Crippen LogP) is 5.58. The van der Waals surface area contributed by atoms with Crippen molar-refractivity contribution in [2.75, 3.05) is 31.1 Å². The molecule has 0 spiro atoms. The number of benzene rings is 2. The van der Waals surface area contributed by atoms with Gasteiger partial charge in [0.25, 0.3) is 0 Å². The first kappa shape index (κ1) is 28.6. The van der Waals surface area contributed by atoms with Gasteiger partial charge >= 0.3 is 6.01 Å². The molecule has 5 aromatic rings. The highest BCUT2D eigenvalue weighted by molar-refractivity contribution is 6.03. The minimum atomic E-state index is -0.935. The Morgan fingerprint density at radius 2 is 2.02 bits per heavy atom. The number of hydrogen-bond acceptors (Lipinski definition) is 8. The summed E-state index contributed by atoms with van der Waals surface area (Å²) in [7, 11) is 1.88. The molecule has 0 radical (unpaired) electrons. The summed E-state index contributed by atoms with van der Waals surface area (Å²) in [6.07, 6.45) is 11.7. The molecule has 0 amide bonds. The average Bonchev–Trinajstić information content (AvgIpc) is 3.71. The Morgan fingerprint density at radius 1 is 1.15 bits per heavy atom. The Morgan fingerprint density at radius 3 is 2.87 bits per heavy atom. The maximum absolute atomic E-state index is 16.9. The molecule has 234 valence electrons. The molecule has 3 aromatic heterocycles. The van der Waals surface area contributed by atoms with Crippen molar-refractivity contribution in [3.05, 3.63) is 59.6 Å². The van der Waals surface area contributed by atoms with Gasteiger partial charge in [-0.15, -0.1) is 6.42 Å². The van der Waals surface area contributed by atoms with E-state index >= 15 is 4.39 Å². The van der Waals surface area contributed by atoms with E-state index in [1.54, 1.807) is 6.20 Å². The number of hydrogen-bond donors (Lipinski definition) is 1. The summed E-state index contributed by atoms with van der Waals surface area (Å²) in [6.45, 7) is 1.93. The third-order valence-corrected chi connectivity index (χ3v) is 9.71. The lowest BCUT2D eigenvalue weighted by molar-refractivity contribution is 0.107. The first-order chi connectivity index (χ1) is 22.3. The van der Waals surface area contributed by atoms with Gasteiger partial charge in [0.05, 0.1) is 34.1 Å². The summed E-state index contributed by atoms with van der Waals surface area (Å²) in [6, 6.07) is 5.38. The van der Waals surface area contributed by atoms with Gasteiger partial charge in [0.1, 0.15) is 41.4 Å². The van der Waals surface area contributed by atoms with E-state index in [0.717, 1.165) is 43.6 Å². The first-order valence-electron chi connectivity index (χ1n) is 15.3. The number of pyridine rings is 1. The highest BCUT2D eigenvalue weighted by Crippen LogP contribution is 2.43. The van der Waals surface area contributed by atoms with E-state index in [1.165, 1.54) is 30.5 Å². The van der Waals surface area contributed by atoms with Crippen LogP contribution in [0.25, 0.3) is 32.9 Å². The molecular formula is C34H30F3N7O2. The summed E-state index contributed by atoms with van der Waals surface area (Å²) >= 11 is 0. The predicted molar refractivity (Wildman–Crippen MR) is 167 cm³/mol. The number of fused-ring (bicyclic) bond motifs is 4. The molecule has 0 saturated carbocycles. The van der Waals surface area contributed by atoms with Gasteiger partial charge < -0.3 is 14.7 Å². The highest BCUT2D eigenvalue weighted by atomic mass is 19.1. The van der Waals surface area contributed by atoms with Crippen molar-refractivity contribution in [3.8, 4) is 35.4 Å². The molecule has 0 bridgehead atoms. The van der Waals surface area contributed by atoms with E-state index < -0.39 is 23.3 Å². The third kappa shape index (κ3) is 4.36. The van der Waals surface area contributed by atoms with Crippen LogP contribution in [-0.2, 0) is 13.5 Å².